The van der Waals surface area contributed by atoms with Crippen LogP contribution in [0.3, 0.4) is 0 Å². The van der Waals surface area contributed by atoms with Gasteiger partial charge in [-0.15, -0.1) is 11.6 Å². The van der Waals surface area contributed by atoms with Crippen LogP contribution in [0.1, 0.15) is 12.0 Å². The van der Waals surface area contributed by atoms with Gasteiger partial charge in [-0.25, -0.2) is 8.60 Å². The molecule has 0 spiro atoms. The lowest BCUT2D eigenvalue weighted by Crippen LogP contribution is -2.18. The van der Waals surface area contributed by atoms with Crippen molar-refractivity contribution in [2.75, 3.05) is 5.88 Å². The molecule has 0 aliphatic heterocycles. The Kier molecular flexibility index (Phi) is 5.22. The second-order valence-corrected chi connectivity index (χ2v) is 4.80. The predicted octanol–water partition coefficient (Wildman–Crippen LogP) is 2.59. The molecule has 0 radical (unpaired) electrons. The van der Waals surface area contributed by atoms with Crippen molar-refractivity contribution in [1.29, 1.82) is 0 Å². The minimum atomic E-state index is -1.89. The van der Waals surface area contributed by atoms with Crippen LogP contribution in [-0.2, 0) is 17.5 Å². The average molecular weight is 251 g/mol. The fraction of sp³-hybridized carbons (Fsp3) is 0.400. The van der Waals surface area contributed by atoms with E-state index in [1.165, 1.54) is 12.1 Å². The molecule has 0 aromatic heterocycles. The maximum absolute atomic E-state index is 12.6. The highest BCUT2D eigenvalue weighted by atomic mass is 35.5. The minimum Gasteiger partial charge on any atom is -0.306 e. The molecule has 0 aliphatic carbocycles. The number of hydrogen-bond acceptors (Lipinski definition) is 1. The van der Waals surface area contributed by atoms with Crippen LogP contribution in [0.2, 0.25) is 0 Å². The Morgan fingerprint density at radius 1 is 1.40 bits per heavy atom. The van der Waals surface area contributed by atoms with Crippen LogP contribution in [-0.4, -0.2) is 19.9 Å². The first-order valence-electron chi connectivity index (χ1n) is 4.53. The minimum absolute atomic E-state index is 0.308. The fourth-order valence-electron chi connectivity index (χ4n) is 1.28. The number of hydrogen-bond donors (Lipinski definition) is 1. The van der Waals surface area contributed by atoms with E-state index in [9.17, 15) is 8.60 Å². The van der Waals surface area contributed by atoms with E-state index in [-0.39, 0.29) is 11.1 Å². The lowest BCUT2D eigenvalue weighted by Gasteiger charge is -2.10. The molecule has 1 aromatic carbocycles. The molecular weight excluding hydrogens is 239 g/mol. The molecule has 5 heteroatoms. The summed E-state index contributed by atoms with van der Waals surface area (Å²) in [5, 5.41) is -0.382. The highest BCUT2D eigenvalue weighted by Crippen LogP contribution is 2.12. The number of rotatable bonds is 5. The van der Waals surface area contributed by atoms with Crippen LogP contribution in [0.25, 0.3) is 0 Å². The Hall–Kier alpha value is -0.450. The van der Waals surface area contributed by atoms with Crippen LogP contribution in [0.5, 0.6) is 0 Å². The molecule has 2 unspecified atom stereocenters. The maximum Gasteiger partial charge on any atom is 0.156 e. The third-order valence-electron chi connectivity index (χ3n) is 2.09. The van der Waals surface area contributed by atoms with Crippen molar-refractivity contribution in [3.8, 4) is 0 Å². The Labute approximate surface area is 95.7 Å². The first-order valence-corrected chi connectivity index (χ1v) is 6.24. The van der Waals surface area contributed by atoms with Crippen molar-refractivity contribution in [3.63, 3.8) is 0 Å². The summed E-state index contributed by atoms with van der Waals surface area (Å²) in [4.78, 5) is 0. The Balaban J connectivity index is 2.65. The largest absolute Gasteiger partial charge is 0.306 e. The van der Waals surface area contributed by atoms with E-state index in [1.54, 1.807) is 12.1 Å². The molecule has 0 aliphatic rings. The molecule has 0 bridgehead atoms. The van der Waals surface area contributed by atoms with Gasteiger partial charge in [0, 0.05) is 5.88 Å². The molecule has 1 N–H and O–H groups in total. The van der Waals surface area contributed by atoms with E-state index < -0.39 is 11.1 Å². The third kappa shape index (κ3) is 4.28. The van der Waals surface area contributed by atoms with Crippen molar-refractivity contribution < 1.29 is 13.2 Å². The second-order valence-electron chi connectivity index (χ2n) is 3.21. The van der Waals surface area contributed by atoms with Gasteiger partial charge in [-0.1, -0.05) is 12.1 Å². The van der Waals surface area contributed by atoms with E-state index in [1.807, 2.05) is 0 Å². The topological polar surface area (TPSA) is 37.3 Å². The maximum atomic E-state index is 12.6. The first kappa shape index (κ1) is 12.6. The van der Waals surface area contributed by atoms with Crippen LogP contribution in [0, 0.1) is 5.82 Å². The predicted molar refractivity (Wildman–Crippen MR) is 60.0 cm³/mol. The van der Waals surface area contributed by atoms with E-state index in [2.05, 4.69) is 0 Å². The van der Waals surface area contributed by atoms with Crippen molar-refractivity contribution >= 4 is 22.7 Å². The highest BCUT2D eigenvalue weighted by molar-refractivity contribution is 7.79. The molecule has 1 aromatic rings. The summed E-state index contributed by atoms with van der Waals surface area (Å²) in [7, 11) is 0. The summed E-state index contributed by atoms with van der Waals surface area (Å²) in [6, 6.07) is 5.91. The van der Waals surface area contributed by atoms with Gasteiger partial charge in [0.25, 0.3) is 0 Å². The lowest BCUT2D eigenvalue weighted by molar-refractivity contribution is 0.542. The van der Waals surface area contributed by atoms with Crippen LogP contribution < -0.4 is 0 Å². The summed E-state index contributed by atoms with van der Waals surface area (Å²) in [6.07, 6.45) is 0.915. The fourth-order valence-corrected chi connectivity index (χ4v) is 2.33. The zero-order valence-electron chi connectivity index (χ0n) is 8.03. The van der Waals surface area contributed by atoms with Gasteiger partial charge in [-0.05, 0) is 30.5 Å². The van der Waals surface area contributed by atoms with Crippen molar-refractivity contribution in [3.05, 3.63) is 35.6 Å². The van der Waals surface area contributed by atoms with E-state index in [0.29, 0.717) is 18.7 Å². The van der Waals surface area contributed by atoms with Crippen LogP contribution in [0.4, 0.5) is 4.39 Å². The smallest absolute Gasteiger partial charge is 0.156 e. The van der Waals surface area contributed by atoms with E-state index >= 15 is 0 Å². The van der Waals surface area contributed by atoms with Gasteiger partial charge >= 0.3 is 0 Å². The van der Waals surface area contributed by atoms with Gasteiger partial charge in [0.05, 0.1) is 5.25 Å². The van der Waals surface area contributed by atoms with Gasteiger partial charge in [-0.2, -0.15) is 0 Å². The van der Waals surface area contributed by atoms with Gasteiger partial charge in [0.15, 0.2) is 11.1 Å². The summed E-state index contributed by atoms with van der Waals surface area (Å²) < 4.78 is 32.5. The molecule has 1 rings (SSSR count). The summed E-state index contributed by atoms with van der Waals surface area (Å²) in [5.41, 5.74) is 0.842. The Morgan fingerprint density at radius 2 is 2.00 bits per heavy atom. The van der Waals surface area contributed by atoms with Crippen LogP contribution in [0.15, 0.2) is 24.3 Å². The number of benzene rings is 1. The standard InChI is InChI=1S/C10H12ClFO2S/c11-6-5-10(15(13)14)7-8-1-3-9(12)4-2-8/h1-4,10H,5-7H2,(H,13,14). The molecule has 2 nitrogen and oxygen atoms in total. The van der Waals surface area contributed by atoms with Crippen molar-refractivity contribution in [2.45, 2.75) is 18.1 Å². The van der Waals surface area contributed by atoms with Crippen LogP contribution >= 0.6 is 11.6 Å². The van der Waals surface area contributed by atoms with Crippen molar-refractivity contribution in [1.82, 2.24) is 0 Å². The van der Waals surface area contributed by atoms with Gasteiger partial charge in [0.1, 0.15) is 5.82 Å². The van der Waals surface area contributed by atoms with Gasteiger partial charge in [0.2, 0.25) is 0 Å². The molecule has 0 heterocycles. The van der Waals surface area contributed by atoms with Crippen molar-refractivity contribution in [2.24, 2.45) is 0 Å². The summed E-state index contributed by atoms with van der Waals surface area (Å²) in [6.45, 7) is 0. The normalized spacial score (nSPS) is 14.9. The monoisotopic (exact) mass is 250 g/mol. The first-order chi connectivity index (χ1) is 7.13. The quantitative estimate of drug-likeness (QED) is 0.644. The summed E-state index contributed by atoms with van der Waals surface area (Å²) >= 11 is 3.64. The molecule has 0 fully saturated rings. The molecule has 84 valence electrons. The Bertz CT molecular complexity index is 329. The third-order valence-corrected chi connectivity index (χ3v) is 3.28. The SMILES string of the molecule is O=S(O)C(CCCl)Cc1ccc(F)cc1. The Morgan fingerprint density at radius 3 is 2.47 bits per heavy atom. The average Bonchev–Trinajstić information content (AvgIpc) is 2.20. The molecule has 0 saturated carbocycles. The molecule has 15 heavy (non-hydrogen) atoms. The molecule has 2 atom stereocenters. The van der Waals surface area contributed by atoms with Gasteiger partial charge < -0.3 is 4.55 Å². The van der Waals surface area contributed by atoms with E-state index in [4.69, 9.17) is 16.2 Å². The zero-order valence-corrected chi connectivity index (χ0v) is 9.60. The number of halogens is 2. The highest BCUT2D eigenvalue weighted by Gasteiger charge is 2.14. The molecule has 0 amide bonds. The summed E-state index contributed by atoms with van der Waals surface area (Å²) in [5.74, 6) is 0.0378. The molecule has 0 saturated heterocycles. The molecular formula is C10H12ClFO2S. The van der Waals surface area contributed by atoms with E-state index in [0.717, 1.165) is 5.56 Å². The lowest BCUT2D eigenvalue weighted by atomic mass is 10.1. The second kappa shape index (κ2) is 6.20. The zero-order chi connectivity index (χ0) is 11.3. The van der Waals surface area contributed by atoms with Gasteiger partial charge in [-0.3, -0.25) is 0 Å². The number of alkyl halides is 1.